The third-order valence-corrected chi connectivity index (χ3v) is 4.03. The van der Waals surface area contributed by atoms with Gasteiger partial charge in [-0.2, -0.15) is 0 Å². The van der Waals surface area contributed by atoms with Crippen LogP contribution in [0.5, 0.6) is 0 Å². The van der Waals surface area contributed by atoms with Crippen LogP contribution in [-0.2, 0) is 33.4 Å². The van der Waals surface area contributed by atoms with Gasteiger partial charge in [0.1, 0.15) is 0 Å². The number of hydrogen-bond acceptors (Lipinski definition) is 8. The topological polar surface area (TPSA) is 108 Å². The predicted octanol–water partition coefficient (Wildman–Crippen LogP) is 0.872. The minimum atomic E-state index is -0.213. The maximum Gasteiger partial charge on any atom is 0.239 e. The fraction of sp³-hybridized carbons (Fsp3) is 0.810. The molecule has 10 nitrogen and oxygen atoms in total. The molecule has 0 saturated carbocycles. The number of rotatable bonds is 21. The second kappa shape index (κ2) is 21.5. The molecule has 0 rings (SSSR count). The number of nitrogens with one attached hydrogen (secondary N) is 2. The van der Waals surface area contributed by atoms with Crippen LogP contribution in [0.3, 0.4) is 0 Å². The number of hydroxylamine groups is 2. The fourth-order valence-electron chi connectivity index (χ4n) is 2.04. The summed E-state index contributed by atoms with van der Waals surface area (Å²) in [6, 6.07) is 0. The molecule has 0 aromatic heterocycles. The Morgan fingerprint density at radius 3 is 1.84 bits per heavy atom. The second-order valence-electron chi connectivity index (χ2n) is 6.59. The Labute approximate surface area is 186 Å². The van der Waals surface area contributed by atoms with E-state index in [9.17, 15) is 9.59 Å². The van der Waals surface area contributed by atoms with E-state index in [0.717, 1.165) is 12.1 Å². The van der Waals surface area contributed by atoms with Gasteiger partial charge in [-0.1, -0.05) is 13.0 Å². The molecule has 0 fully saturated rings. The number of nitrogens with zero attached hydrogens (tertiary/aromatic N) is 1. The number of amides is 2. The summed E-state index contributed by atoms with van der Waals surface area (Å²) in [6.45, 7) is 10.5. The summed E-state index contributed by atoms with van der Waals surface area (Å²) < 4.78 is 21.6. The van der Waals surface area contributed by atoms with E-state index in [2.05, 4.69) is 10.6 Å². The van der Waals surface area contributed by atoms with Crippen molar-refractivity contribution in [3.8, 4) is 0 Å². The lowest BCUT2D eigenvalue weighted by molar-refractivity contribution is -0.128. The zero-order valence-electron chi connectivity index (χ0n) is 19.6. The van der Waals surface area contributed by atoms with Crippen LogP contribution in [0.1, 0.15) is 33.6 Å². The van der Waals surface area contributed by atoms with Gasteiger partial charge < -0.3 is 29.6 Å². The Bertz CT molecular complexity index is 490. The van der Waals surface area contributed by atoms with Gasteiger partial charge in [0, 0.05) is 25.7 Å². The number of ether oxygens (including phenoxy) is 4. The lowest BCUT2D eigenvalue weighted by Gasteiger charge is -2.18. The SMILES string of the molecule is CC=C(C)N(C)OCCOCCOCCOCCOCCC(=O)NCC(=O)NCCC. The van der Waals surface area contributed by atoms with E-state index >= 15 is 0 Å². The minimum Gasteiger partial charge on any atom is -0.379 e. The van der Waals surface area contributed by atoms with Crippen LogP contribution in [0.2, 0.25) is 0 Å². The normalized spacial score (nSPS) is 11.4. The Kier molecular flexibility index (Phi) is 20.3. The van der Waals surface area contributed by atoms with E-state index in [4.69, 9.17) is 23.8 Å². The summed E-state index contributed by atoms with van der Waals surface area (Å²) in [4.78, 5) is 28.4. The molecule has 0 spiro atoms. The Balaban J connectivity index is 3.28. The maximum absolute atomic E-state index is 11.6. The highest BCUT2D eigenvalue weighted by Crippen LogP contribution is 1.99. The van der Waals surface area contributed by atoms with E-state index in [0.29, 0.717) is 59.4 Å². The zero-order chi connectivity index (χ0) is 23.2. The van der Waals surface area contributed by atoms with Crippen molar-refractivity contribution in [3.05, 3.63) is 11.8 Å². The molecule has 2 amide bonds. The monoisotopic (exact) mass is 447 g/mol. The van der Waals surface area contributed by atoms with Crippen molar-refractivity contribution in [1.82, 2.24) is 15.7 Å². The summed E-state index contributed by atoms with van der Waals surface area (Å²) in [5.41, 5.74) is 1.04. The van der Waals surface area contributed by atoms with Gasteiger partial charge in [-0.15, -0.1) is 0 Å². The molecule has 0 aromatic carbocycles. The van der Waals surface area contributed by atoms with E-state index in [-0.39, 0.29) is 31.4 Å². The highest BCUT2D eigenvalue weighted by molar-refractivity contribution is 5.84. The third-order valence-electron chi connectivity index (χ3n) is 4.03. The number of carbonyl (C=O) groups excluding carboxylic acids is 2. The van der Waals surface area contributed by atoms with Gasteiger partial charge in [0.15, 0.2) is 0 Å². The quantitative estimate of drug-likeness (QED) is 0.197. The van der Waals surface area contributed by atoms with Crippen molar-refractivity contribution in [2.45, 2.75) is 33.6 Å². The van der Waals surface area contributed by atoms with Crippen molar-refractivity contribution in [2.24, 2.45) is 0 Å². The van der Waals surface area contributed by atoms with Gasteiger partial charge in [0.25, 0.3) is 0 Å². The molecule has 182 valence electrons. The summed E-state index contributed by atoms with van der Waals surface area (Å²) >= 11 is 0. The molecule has 10 heteroatoms. The fourth-order valence-corrected chi connectivity index (χ4v) is 2.04. The molecule has 0 saturated heterocycles. The molecule has 0 heterocycles. The van der Waals surface area contributed by atoms with E-state index in [1.807, 2.05) is 33.9 Å². The average molecular weight is 448 g/mol. The third kappa shape index (κ3) is 20.0. The van der Waals surface area contributed by atoms with E-state index in [1.165, 1.54) is 0 Å². The summed E-state index contributed by atoms with van der Waals surface area (Å²) in [5, 5.41) is 6.95. The molecule has 0 unspecified atom stereocenters. The van der Waals surface area contributed by atoms with Crippen LogP contribution in [0, 0.1) is 0 Å². The summed E-state index contributed by atoms with van der Waals surface area (Å²) in [6.07, 6.45) is 3.04. The predicted molar refractivity (Wildman–Crippen MR) is 117 cm³/mol. The minimum absolute atomic E-state index is 0.00560. The van der Waals surface area contributed by atoms with Crippen LogP contribution < -0.4 is 10.6 Å². The number of hydrogen-bond donors (Lipinski definition) is 2. The van der Waals surface area contributed by atoms with Crippen molar-refractivity contribution in [1.29, 1.82) is 0 Å². The first-order chi connectivity index (χ1) is 15.0. The molecule has 0 aliphatic carbocycles. The molecule has 0 aliphatic rings. The van der Waals surface area contributed by atoms with Gasteiger partial charge >= 0.3 is 0 Å². The van der Waals surface area contributed by atoms with Gasteiger partial charge in [0.2, 0.25) is 11.8 Å². The Hall–Kier alpha value is -1.72. The lowest BCUT2D eigenvalue weighted by Crippen LogP contribution is -2.37. The molecular formula is C21H41N3O7. The highest BCUT2D eigenvalue weighted by atomic mass is 16.7. The summed E-state index contributed by atoms with van der Waals surface area (Å²) in [7, 11) is 1.86. The smallest absolute Gasteiger partial charge is 0.239 e. The Morgan fingerprint density at radius 2 is 1.32 bits per heavy atom. The van der Waals surface area contributed by atoms with Crippen molar-refractivity contribution >= 4 is 11.8 Å². The average Bonchev–Trinajstić information content (AvgIpc) is 2.77. The van der Waals surface area contributed by atoms with Crippen molar-refractivity contribution in [3.63, 3.8) is 0 Å². The molecule has 0 atom stereocenters. The van der Waals surface area contributed by atoms with Crippen LogP contribution in [0.4, 0.5) is 0 Å². The zero-order valence-corrected chi connectivity index (χ0v) is 19.6. The highest BCUT2D eigenvalue weighted by Gasteiger charge is 2.04. The largest absolute Gasteiger partial charge is 0.379 e. The molecule has 2 N–H and O–H groups in total. The van der Waals surface area contributed by atoms with E-state index < -0.39 is 0 Å². The molecule has 31 heavy (non-hydrogen) atoms. The first-order valence-corrected chi connectivity index (χ1v) is 10.8. The van der Waals surface area contributed by atoms with Crippen LogP contribution in [0.15, 0.2) is 11.8 Å². The molecule has 0 aliphatic heterocycles. The number of carbonyl (C=O) groups is 2. The van der Waals surface area contributed by atoms with Gasteiger partial charge in [-0.25, -0.2) is 0 Å². The van der Waals surface area contributed by atoms with Crippen molar-refractivity contribution in [2.75, 3.05) is 79.6 Å². The lowest BCUT2D eigenvalue weighted by atomic mass is 10.4. The standard InChI is InChI=1S/C21H41N3O7/c1-5-8-22-21(26)18-23-20(25)7-9-27-10-11-28-12-13-29-14-15-30-16-17-31-24(4)19(3)6-2/h6H,5,7-18H2,1-4H3,(H,22,26)(H,23,25). The van der Waals surface area contributed by atoms with E-state index in [1.54, 1.807) is 5.06 Å². The van der Waals surface area contributed by atoms with Gasteiger partial charge in [-0.3, -0.25) is 19.5 Å². The summed E-state index contributed by atoms with van der Waals surface area (Å²) in [5.74, 6) is -0.398. The first-order valence-electron chi connectivity index (χ1n) is 10.8. The second-order valence-corrected chi connectivity index (χ2v) is 6.59. The van der Waals surface area contributed by atoms with Crippen LogP contribution in [0.25, 0.3) is 0 Å². The Morgan fingerprint density at radius 1 is 0.806 bits per heavy atom. The first kappa shape index (κ1) is 29.3. The van der Waals surface area contributed by atoms with Crippen LogP contribution in [-0.4, -0.2) is 96.5 Å². The molecule has 0 aromatic rings. The molecule has 0 radical (unpaired) electrons. The van der Waals surface area contributed by atoms with Crippen LogP contribution >= 0.6 is 0 Å². The van der Waals surface area contributed by atoms with Gasteiger partial charge in [-0.05, 0) is 20.3 Å². The molecule has 0 bridgehead atoms. The van der Waals surface area contributed by atoms with Gasteiger partial charge in [0.05, 0.1) is 66.0 Å². The maximum atomic E-state index is 11.6. The number of allylic oxidation sites excluding steroid dienone is 2. The van der Waals surface area contributed by atoms with Crippen molar-refractivity contribution < 1.29 is 33.4 Å². The molecular weight excluding hydrogens is 406 g/mol.